The Labute approximate surface area is 246 Å². The second-order valence-electron chi connectivity index (χ2n) is 10.7. The van der Waals surface area contributed by atoms with Crippen molar-refractivity contribution in [1.29, 1.82) is 0 Å². The third-order valence-electron chi connectivity index (χ3n) is 8.09. The van der Waals surface area contributed by atoms with Crippen molar-refractivity contribution in [3.8, 4) is 5.75 Å². The molecule has 6 rings (SSSR count). The first kappa shape index (κ1) is 27.6. The van der Waals surface area contributed by atoms with Gasteiger partial charge in [-0.2, -0.15) is 0 Å². The molecule has 1 unspecified atom stereocenters. The maximum absolute atomic E-state index is 13.6. The molecule has 8 heteroatoms. The molecule has 2 saturated heterocycles. The summed E-state index contributed by atoms with van der Waals surface area (Å²) in [4.78, 5) is 31.5. The van der Waals surface area contributed by atoms with E-state index in [0.717, 1.165) is 73.5 Å². The van der Waals surface area contributed by atoms with Gasteiger partial charge in [-0.1, -0.05) is 48.5 Å². The van der Waals surface area contributed by atoms with E-state index in [2.05, 4.69) is 26.5 Å². The van der Waals surface area contributed by atoms with Gasteiger partial charge in [-0.25, -0.2) is 0 Å². The Kier molecular flexibility index (Phi) is 8.23. The number of hydrogen-bond donors (Lipinski definition) is 2. The molecule has 0 bridgehead atoms. The van der Waals surface area contributed by atoms with Crippen LogP contribution in [0.25, 0.3) is 10.8 Å². The third kappa shape index (κ3) is 5.90. The lowest BCUT2D eigenvalue weighted by atomic mass is 10.0. The summed E-state index contributed by atoms with van der Waals surface area (Å²) >= 11 is 0. The highest BCUT2D eigenvalue weighted by Crippen LogP contribution is 2.31. The summed E-state index contributed by atoms with van der Waals surface area (Å²) in [5, 5.41) is 7.99. The lowest BCUT2D eigenvalue weighted by Crippen LogP contribution is -2.47. The number of ether oxygens (including phenoxy) is 2. The number of piperazine rings is 1. The molecule has 0 aliphatic carbocycles. The van der Waals surface area contributed by atoms with Crippen molar-refractivity contribution in [1.82, 2.24) is 5.32 Å². The number of para-hydroxylation sites is 2. The lowest BCUT2D eigenvalue weighted by molar-refractivity contribution is 0.0858. The Morgan fingerprint density at radius 2 is 1.57 bits per heavy atom. The first-order chi connectivity index (χ1) is 20.6. The van der Waals surface area contributed by atoms with Gasteiger partial charge in [0.1, 0.15) is 5.75 Å². The number of fused-ring (bicyclic) bond motifs is 1. The molecule has 4 aromatic carbocycles. The van der Waals surface area contributed by atoms with E-state index < -0.39 is 0 Å². The fourth-order valence-electron chi connectivity index (χ4n) is 5.88. The molecule has 4 aromatic rings. The molecule has 2 amide bonds. The normalized spacial score (nSPS) is 16.8. The fraction of sp³-hybridized carbons (Fsp3) is 0.294. The minimum atomic E-state index is -0.212. The van der Waals surface area contributed by atoms with Gasteiger partial charge in [-0.15, -0.1) is 0 Å². The second kappa shape index (κ2) is 12.5. The van der Waals surface area contributed by atoms with Crippen molar-refractivity contribution in [2.45, 2.75) is 18.9 Å². The van der Waals surface area contributed by atoms with Crippen LogP contribution in [0.2, 0.25) is 0 Å². The zero-order chi connectivity index (χ0) is 28.9. The van der Waals surface area contributed by atoms with Crippen molar-refractivity contribution in [3.05, 3.63) is 96.1 Å². The predicted molar refractivity (Wildman–Crippen MR) is 167 cm³/mol. The Morgan fingerprint density at radius 1 is 0.833 bits per heavy atom. The van der Waals surface area contributed by atoms with Crippen LogP contribution in [0.3, 0.4) is 0 Å². The van der Waals surface area contributed by atoms with Gasteiger partial charge in [0.15, 0.2) is 0 Å². The smallest absolute Gasteiger partial charge is 0.256 e. The van der Waals surface area contributed by atoms with Crippen molar-refractivity contribution >= 4 is 39.6 Å². The molecule has 0 saturated carbocycles. The summed E-state index contributed by atoms with van der Waals surface area (Å²) in [6.07, 6.45) is 1.99. The minimum Gasteiger partial charge on any atom is -0.495 e. The molecule has 8 nitrogen and oxygen atoms in total. The molecular weight excluding hydrogens is 528 g/mol. The largest absolute Gasteiger partial charge is 0.495 e. The standard InChI is InChI=1S/C34H36N4O4/c1-41-32-14-5-4-13-31(32)38-19-17-37(18-20-38)30-16-15-25(22-29(30)33(39)35-23-26-10-7-21-42-26)36-34(40)28-12-6-9-24-8-2-3-11-27(24)28/h2-6,8-9,11-16,22,26H,7,10,17-21,23H2,1H3,(H,35,39)(H,36,40). The SMILES string of the molecule is COc1ccccc1N1CCN(c2ccc(NC(=O)c3cccc4ccccc34)cc2C(=O)NCC2CCCO2)CC1. The van der Waals surface area contributed by atoms with E-state index in [-0.39, 0.29) is 17.9 Å². The van der Waals surface area contributed by atoms with Crippen LogP contribution in [0.1, 0.15) is 33.6 Å². The van der Waals surface area contributed by atoms with Crippen LogP contribution in [-0.2, 0) is 4.74 Å². The van der Waals surface area contributed by atoms with Crippen LogP contribution in [-0.4, -0.2) is 64.4 Å². The summed E-state index contributed by atoms with van der Waals surface area (Å²) in [7, 11) is 1.69. The van der Waals surface area contributed by atoms with Crippen molar-refractivity contribution in [2.24, 2.45) is 0 Å². The zero-order valence-electron chi connectivity index (χ0n) is 23.8. The molecule has 0 radical (unpaired) electrons. The summed E-state index contributed by atoms with van der Waals surface area (Å²) in [5.74, 6) is 0.469. The molecule has 2 heterocycles. The van der Waals surface area contributed by atoms with Gasteiger partial charge in [0, 0.05) is 56.3 Å². The maximum Gasteiger partial charge on any atom is 0.256 e. The van der Waals surface area contributed by atoms with Gasteiger partial charge in [-0.3, -0.25) is 9.59 Å². The molecule has 2 aliphatic rings. The minimum absolute atomic E-state index is 0.0380. The number of carbonyl (C=O) groups excluding carboxylic acids is 2. The quantitative estimate of drug-likeness (QED) is 0.301. The fourth-order valence-corrected chi connectivity index (χ4v) is 5.88. The number of amides is 2. The van der Waals surface area contributed by atoms with Crippen molar-refractivity contribution in [2.75, 3.05) is 61.6 Å². The van der Waals surface area contributed by atoms with Gasteiger partial charge in [0.25, 0.3) is 11.8 Å². The number of benzene rings is 4. The Balaban J connectivity index is 1.23. The summed E-state index contributed by atoms with van der Waals surface area (Å²) in [6.45, 7) is 4.26. The molecule has 42 heavy (non-hydrogen) atoms. The average Bonchev–Trinajstić information content (AvgIpc) is 3.57. The van der Waals surface area contributed by atoms with Gasteiger partial charge >= 0.3 is 0 Å². The Hall–Kier alpha value is -4.56. The van der Waals surface area contributed by atoms with E-state index in [9.17, 15) is 9.59 Å². The van der Waals surface area contributed by atoms with Gasteiger partial charge in [0.05, 0.1) is 24.5 Å². The highest BCUT2D eigenvalue weighted by molar-refractivity contribution is 6.13. The lowest BCUT2D eigenvalue weighted by Gasteiger charge is -2.38. The highest BCUT2D eigenvalue weighted by atomic mass is 16.5. The van der Waals surface area contributed by atoms with Crippen LogP contribution in [0.15, 0.2) is 84.9 Å². The molecule has 2 aliphatic heterocycles. The number of carbonyl (C=O) groups is 2. The number of anilines is 3. The van der Waals surface area contributed by atoms with Gasteiger partial charge in [0.2, 0.25) is 0 Å². The maximum atomic E-state index is 13.6. The van der Waals surface area contributed by atoms with Crippen LogP contribution < -0.4 is 25.2 Å². The third-order valence-corrected chi connectivity index (χ3v) is 8.09. The molecule has 1 atom stereocenters. The monoisotopic (exact) mass is 564 g/mol. The average molecular weight is 565 g/mol. The van der Waals surface area contributed by atoms with E-state index >= 15 is 0 Å². The van der Waals surface area contributed by atoms with E-state index in [4.69, 9.17) is 9.47 Å². The van der Waals surface area contributed by atoms with E-state index in [1.807, 2.05) is 72.8 Å². The summed E-state index contributed by atoms with van der Waals surface area (Å²) < 4.78 is 11.3. The number of methoxy groups -OCH3 is 1. The zero-order valence-corrected chi connectivity index (χ0v) is 23.8. The van der Waals surface area contributed by atoms with Crippen LogP contribution in [0.5, 0.6) is 5.75 Å². The van der Waals surface area contributed by atoms with E-state index in [1.165, 1.54) is 0 Å². The molecule has 2 fully saturated rings. The molecule has 2 N–H and O–H groups in total. The van der Waals surface area contributed by atoms with E-state index in [1.54, 1.807) is 13.2 Å². The highest BCUT2D eigenvalue weighted by Gasteiger charge is 2.25. The Bertz CT molecular complexity index is 1570. The predicted octanol–water partition coefficient (Wildman–Crippen LogP) is 5.34. The number of nitrogens with one attached hydrogen (secondary N) is 2. The van der Waals surface area contributed by atoms with Gasteiger partial charge < -0.3 is 29.9 Å². The molecule has 216 valence electrons. The summed E-state index contributed by atoms with van der Waals surface area (Å²) in [6, 6.07) is 27.2. The molecule has 0 spiro atoms. The van der Waals surface area contributed by atoms with E-state index in [0.29, 0.717) is 23.4 Å². The summed E-state index contributed by atoms with van der Waals surface area (Å²) in [5.41, 5.74) is 3.62. The molecular formula is C34H36N4O4. The van der Waals surface area contributed by atoms with Crippen molar-refractivity contribution in [3.63, 3.8) is 0 Å². The van der Waals surface area contributed by atoms with Crippen LogP contribution in [0, 0.1) is 0 Å². The number of rotatable bonds is 8. The van der Waals surface area contributed by atoms with Crippen LogP contribution in [0.4, 0.5) is 17.1 Å². The van der Waals surface area contributed by atoms with Gasteiger partial charge in [-0.05, 0) is 60.0 Å². The van der Waals surface area contributed by atoms with Crippen molar-refractivity contribution < 1.29 is 19.1 Å². The van der Waals surface area contributed by atoms with Crippen LogP contribution >= 0.6 is 0 Å². The first-order valence-electron chi connectivity index (χ1n) is 14.6. The number of nitrogens with zero attached hydrogens (tertiary/aromatic N) is 2. The topological polar surface area (TPSA) is 83.1 Å². The first-order valence-corrected chi connectivity index (χ1v) is 14.6. The Morgan fingerprint density at radius 3 is 2.36 bits per heavy atom. The second-order valence-corrected chi connectivity index (χ2v) is 10.7. The number of hydrogen-bond acceptors (Lipinski definition) is 6. The molecule has 0 aromatic heterocycles.